The molecule has 5 rings (SSSR count). The topological polar surface area (TPSA) is 26.3 Å². The molecule has 0 saturated carbocycles. The van der Waals surface area contributed by atoms with Gasteiger partial charge in [0, 0.05) is 5.57 Å². The van der Waals surface area contributed by atoms with Crippen LogP contribution in [0, 0.1) is 6.92 Å². The number of esters is 1. The Bertz CT molecular complexity index is 2190. The van der Waals surface area contributed by atoms with E-state index in [0.29, 0.717) is 12.0 Å². The van der Waals surface area contributed by atoms with Gasteiger partial charge < -0.3 is 4.74 Å². The fourth-order valence-electron chi connectivity index (χ4n) is 6.48. The van der Waals surface area contributed by atoms with E-state index in [9.17, 15) is 4.79 Å². The van der Waals surface area contributed by atoms with Crippen LogP contribution in [-0.2, 0) is 16.0 Å². The smallest absolute Gasteiger partial charge is 0.333 e. The van der Waals surface area contributed by atoms with E-state index < -0.39 is 0 Å². The second-order valence-corrected chi connectivity index (χ2v) is 12.8. The molecule has 0 aliphatic heterocycles. The van der Waals surface area contributed by atoms with Crippen molar-refractivity contribution in [2.24, 2.45) is 0 Å². The van der Waals surface area contributed by atoms with Crippen molar-refractivity contribution < 1.29 is 9.53 Å². The van der Waals surface area contributed by atoms with E-state index in [-0.39, 0.29) is 5.97 Å². The molecule has 0 bridgehead atoms. The first-order chi connectivity index (χ1) is 25.3. The summed E-state index contributed by atoms with van der Waals surface area (Å²) >= 11 is 0. The third-order valence-electron chi connectivity index (χ3n) is 9.25. The maximum atomic E-state index is 12.4. The van der Waals surface area contributed by atoms with Crippen LogP contribution in [0.4, 0.5) is 0 Å². The number of allylic oxidation sites excluding steroid dienone is 8. The molecule has 5 aromatic rings. The maximum Gasteiger partial charge on any atom is 0.333 e. The zero-order valence-corrected chi connectivity index (χ0v) is 31.2. The van der Waals surface area contributed by atoms with Crippen molar-refractivity contribution in [1.82, 2.24) is 0 Å². The number of benzene rings is 5. The zero-order valence-electron chi connectivity index (χ0n) is 31.2. The van der Waals surface area contributed by atoms with Crippen LogP contribution in [0.5, 0.6) is 0 Å². The maximum absolute atomic E-state index is 12.4. The Hall–Kier alpha value is -5.99. The predicted molar refractivity (Wildman–Crippen MR) is 224 cm³/mol. The van der Waals surface area contributed by atoms with Gasteiger partial charge in [0.1, 0.15) is 0 Å². The van der Waals surface area contributed by atoms with Crippen molar-refractivity contribution in [2.75, 3.05) is 7.11 Å². The molecule has 0 saturated heterocycles. The lowest BCUT2D eigenvalue weighted by atomic mass is 9.84. The highest BCUT2D eigenvalue weighted by molar-refractivity contribution is 5.98. The summed E-state index contributed by atoms with van der Waals surface area (Å²) in [6.07, 6.45) is 17.8. The second kappa shape index (κ2) is 18.3. The van der Waals surface area contributed by atoms with Gasteiger partial charge in [-0.3, -0.25) is 0 Å². The van der Waals surface area contributed by atoms with Crippen molar-refractivity contribution in [1.29, 1.82) is 0 Å². The average molecular weight is 681 g/mol. The van der Waals surface area contributed by atoms with Crippen LogP contribution in [0.1, 0.15) is 72.2 Å². The molecule has 2 heteroatoms. The summed E-state index contributed by atoms with van der Waals surface area (Å²) < 4.78 is 5.02. The van der Waals surface area contributed by atoms with Gasteiger partial charge in [0.15, 0.2) is 0 Å². The minimum absolute atomic E-state index is 0.335. The lowest BCUT2D eigenvalue weighted by Gasteiger charge is -2.20. The minimum Gasteiger partial charge on any atom is -0.466 e. The standard InChI is InChI=1S/C50H48O2/c1-7-9-21-36(3)47-34-45(40-24-14-11-15-25-40)35-48(38(47)5)49(46-29-19-18-27-42(46)20-8-2)33-43-28-17-16-26-41(43)30-31-44(32-37(4)50(51)52-6)39-22-12-10-13-23-39/h7-29,31-35H,30H2,1-6H3/b9-7-,20-8-,36-21+,37-32+,44-31+,49-33-. The molecule has 0 unspecified atom stereocenters. The van der Waals surface area contributed by atoms with Crippen LogP contribution < -0.4 is 0 Å². The normalized spacial score (nSPS) is 12.9. The fraction of sp³-hybridized carbons (Fsp3) is 0.140. The highest BCUT2D eigenvalue weighted by Gasteiger charge is 2.17. The van der Waals surface area contributed by atoms with Crippen LogP contribution in [0.2, 0.25) is 0 Å². The van der Waals surface area contributed by atoms with Crippen LogP contribution >= 0.6 is 0 Å². The van der Waals surface area contributed by atoms with Gasteiger partial charge in [-0.05, 0) is 138 Å². The first kappa shape index (κ1) is 37.3. The molecule has 0 heterocycles. The molecule has 5 aromatic carbocycles. The predicted octanol–water partition coefficient (Wildman–Crippen LogP) is 13.0. The Balaban J connectivity index is 1.76. The van der Waals surface area contributed by atoms with Crippen LogP contribution in [-0.4, -0.2) is 13.1 Å². The number of carbonyl (C=O) groups is 1. The van der Waals surface area contributed by atoms with Gasteiger partial charge in [-0.2, -0.15) is 0 Å². The molecule has 2 nitrogen and oxygen atoms in total. The van der Waals surface area contributed by atoms with Gasteiger partial charge in [0.2, 0.25) is 0 Å². The second-order valence-electron chi connectivity index (χ2n) is 12.8. The third-order valence-corrected chi connectivity index (χ3v) is 9.25. The van der Waals surface area contributed by atoms with Gasteiger partial charge >= 0.3 is 5.97 Å². The van der Waals surface area contributed by atoms with E-state index in [1.165, 1.54) is 51.6 Å². The molecule has 52 heavy (non-hydrogen) atoms. The Morgan fingerprint density at radius 1 is 0.692 bits per heavy atom. The summed E-state index contributed by atoms with van der Waals surface area (Å²) in [5.74, 6) is -0.335. The molecular formula is C50H48O2. The van der Waals surface area contributed by atoms with E-state index in [0.717, 1.165) is 27.8 Å². The molecule has 0 aliphatic rings. The van der Waals surface area contributed by atoms with E-state index in [1.54, 1.807) is 6.92 Å². The van der Waals surface area contributed by atoms with Gasteiger partial charge in [-0.25, -0.2) is 4.79 Å². The van der Waals surface area contributed by atoms with E-state index in [2.05, 4.69) is 166 Å². The third kappa shape index (κ3) is 9.21. The number of ether oxygens (including phenoxy) is 1. The Kier molecular flexibility index (Phi) is 13.1. The summed E-state index contributed by atoms with van der Waals surface area (Å²) in [5, 5.41) is 0. The highest BCUT2D eigenvalue weighted by atomic mass is 16.5. The lowest BCUT2D eigenvalue weighted by molar-refractivity contribution is -0.136. The van der Waals surface area contributed by atoms with Gasteiger partial charge in [-0.15, -0.1) is 0 Å². The first-order valence-electron chi connectivity index (χ1n) is 17.9. The van der Waals surface area contributed by atoms with Crippen LogP contribution in [0.3, 0.4) is 0 Å². The zero-order chi connectivity index (χ0) is 36.9. The summed E-state index contributed by atoms with van der Waals surface area (Å²) in [6.45, 7) is 10.4. The van der Waals surface area contributed by atoms with Crippen molar-refractivity contribution in [3.63, 3.8) is 0 Å². The average Bonchev–Trinajstić information content (AvgIpc) is 3.19. The largest absolute Gasteiger partial charge is 0.466 e. The number of hydrogen-bond donors (Lipinski definition) is 0. The summed E-state index contributed by atoms with van der Waals surface area (Å²) in [4.78, 5) is 12.4. The van der Waals surface area contributed by atoms with Crippen molar-refractivity contribution in [2.45, 2.75) is 41.0 Å². The summed E-state index contributed by atoms with van der Waals surface area (Å²) in [6, 6.07) is 42.8. The number of rotatable bonds is 12. The number of carbonyl (C=O) groups excluding carboxylic acids is 1. The van der Waals surface area contributed by atoms with E-state index in [4.69, 9.17) is 4.74 Å². The van der Waals surface area contributed by atoms with Crippen LogP contribution in [0.25, 0.3) is 40.0 Å². The van der Waals surface area contributed by atoms with Crippen molar-refractivity contribution in [3.05, 3.63) is 208 Å². The van der Waals surface area contributed by atoms with Gasteiger partial charge in [0.05, 0.1) is 7.11 Å². The van der Waals surface area contributed by atoms with Crippen molar-refractivity contribution >= 4 is 34.8 Å². The highest BCUT2D eigenvalue weighted by Crippen LogP contribution is 2.38. The molecule has 0 N–H and O–H groups in total. The molecule has 0 atom stereocenters. The molecule has 0 aromatic heterocycles. The fourth-order valence-corrected chi connectivity index (χ4v) is 6.48. The molecule has 0 aliphatic carbocycles. The van der Waals surface area contributed by atoms with E-state index >= 15 is 0 Å². The first-order valence-corrected chi connectivity index (χ1v) is 17.9. The Morgan fingerprint density at radius 3 is 2.02 bits per heavy atom. The van der Waals surface area contributed by atoms with Crippen LogP contribution in [0.15, 0.2) is 163 Å². The molecule has 0 fully saturated rings. The minimum atomic E-state index is -0.335. The SMILES string of the molecule is C/C=C\C=C(/C)c1cc(-c2ccccc2)cc(/C(=C\c2ccccc2C/C=C(\C=C(/C)C(=O)OC)c2ccccc2)c2ccccc2/C=C\C)c1C. The Labute approximate surface area is 310 Å². The summed E-state index contributed by atoms with van der Waals surface area (Å²) in [5.41, 5.74) is 15.6. The molecule has 260 valence electrons. The number of hydrogen-bond acceptors (Lipinski definition) is 2. The number of methoxy groups -OCH3 is 1. The molecule has 0 amide bonds. The molecule has 0 spiro atoms. The molecule has 0 radical (unpaired) electrons. The van der Waals surface area contributed by atoms with Crippen molar-refractivity contribution in [3.8, 4) is 11.1 Å². The summed E-state index contributed by atoms with van der Waals surface area (Å²) in [7, 11) is 1.42. The monoisotopic (exact) mass is 680 g/mol. The van der Waals surface area contributed by atoms with Gasteiger partial charge in [0.25, 0.3) is 0 Å². The van der Waals surface area contributed by atoms with E-state index in [1.807, 2.05) is 31.2 Å². The Morgan fingerprint density at radius 2 is 1.33 bits per heavy atom. The molecular weight excluding hydrogens is 633 g/mol. The quantitative estimate of drug-likeness (QED) is 0.0567. The lowest BCUT2D eigenvalue weighted by Crippen LogP contribution is -2.02. The van der Waals surface area contributed by atoms with Gasteiger partial charge in [-0.1, -0.05) is 146 Å².